The topological polar surface area (TPSA) is 62.2 Å². The first-order valence-corrected chi connectivity index (χ1v) is 11.3. The number of benzene rings is 2. The standard InChI is InChI=1S/C27H29N5O/c1-4-32(5-2)27-24-16-22(12-13-25(24)29-19-30-27)21-10-8-9-20(15-21)18-31(3)26(33)17-23-11-6-7-14-28-23/h6-16,19H,4-5,17-18H2,1-3H3. The van der Waals surface area contributed by atoms with Gasteiger partial charge in [-0.05, 0) is 60.9 Å². The van der Waals surface area contributed by atoms with Crippen LogP contribution in [-0.2, 0) is 17.8 Å². The Hall–Kier alpha value is -3.80. The van der Waals surface area contributed by atoms with Crippen molar-refractivity contribution in [2.45, 2.75) is 26.8 Å². The van der Waals surface area contributed by atoms with Crippen LogP contribution in [0.4, 0.5) is 5.82 Å². The highest BCUT2D eigenvalue weighted by Crippen LogP contribution is 2.29. The molecule has 0 N–H and O–H groups in total. The summed E-state index contributed by atoms with van der Waals surface area (Å²) in [6.07, 6.45) is 3.65. The molecule has 0 aliphatic carbocycles. The third-order valence-electron chi connectivity index (χ3n) is 5.84. The van der Waals surface area contributed by atoms with E-state index in [9.17, 15) is 4.79 Å². The van der Waals surface area contributed by atoms with Crippen molar-refractivity contribution in [3.8, 4) is 11.1 Å². The van der Waals surface area contributed by atoms with Crippen LogP contribution < -0.4 is 4.90 Å². The molecule has 0 aliphatic rings. The number of aromatic nitrogens is 3. The molecular weight excluding hydrogens is 410 g/mol. The van der Waals surface area contributed by atoms with E-state index in [0.717, 1.165) is 52.2 Å². The van der Waals surface area contributed by atoms with Gasteiger partial charge in [0.1, 0.15) is 12.1 Å². The third-order valence-corrected chi connectivity index (χ3v) is 5.84. The summed E-state index contributed by atoms with van der Waals surface area (Å²) in [5.74, 6) is 1.01. The van der Waals surface area contributed by atoms with Crippen LogP contribution in [-0.4, -0.2) is 45.9 Å². The van der Waals surface area contributed by atoms with Gasteiger partial charge < -0.3 is 9.80 Å². The van der Waals surface area contributed by atoms with Gasteiger partial charge in [-0.15, -0.1) is 0 Å². The number of amides is 1. The molecule has 0 fully saturated rings. The molecule has 33 heavy (non-hydrogen) atoms. The Balaban J connectivity index is 1.57. The van der Waals surface area contributed by atoms with Crippen LogP contribution >= 0.6 is 0 Å². The summed E-state index contributed by atoms with van der Waals surface area (Å²) < 4.78 is 0. The molecule has 0 bridgehead atoms. The SMILES string of the molecule is CCN(CC)c1ncnc2ccc(-c3cccc(CN(C)C(=O)Cc4ccccn4)c3)cc12. The number of pyridine rings is 1. The Morgan fingerprint density at radius 2 is 1.70 bits per heavy atom. The lowest BCUT2D eigenvalue weighted by Crippen LogP contribution is -2.28. The third kappa shape index (κ3) is 5.17. The zero-order chi connectivity index (χ0) is 23.2. The van der Waals surface area contributed by atoms with E-state index in [1.165, 1.54) is 0 Å². The van der Waals surface area contributed by atoms with Crippen molar-refractivity contribution in [2.75, 3.05) is 25.0 Å². The quantitative estimate of drug-likeness (QED) is 0.397. The van der Waals surface area contributed by atoms with Gasteiger partial charge in [0, 0.05) is 44.0 Å². The molecule has 1 amide bonds. The second-order valence-corrected chi connectivity index (χ2v) is 8.05. The molecule has 6 heteroatoms. The molecule has 168 valence electrons. The summed E-state index contributed by atoms with van der Waals surface area (Å²) in [7, 11) is 1.83. The van der Waals surface area contributed by atoms with E-state index in [4.69, 9.17) is 0 Å². The maximum absolute atomic E-state index is 12.6. The highest BCUT2D eigenvalue weighted by molar-refractivity contribution is 5.93. The molecule has 0 saturated carbocycles. The highest BCUT2D eigenvalue weighted by atomic mass is 16.2. The summed E-state index contributed by atoms with van der Waals surface area (Å²) >= 11 is 0. The molecule has 6 nitrogen and oxygen atoms in total. The first-order valence-electron chi connectivity index (χ1n) is 11.3. The molecule has 2 aromatic heterocycles. The van der Waals surface area contributed by atoms with Gasteiger partial charge in [-0.25, -0.2) is 9.97 Å². The van der Waals surface area contributed by atoms with Crippen LogP contribution in [0.2, 0.25) is 0 Å². The van der Waals surface area contributed by atoms with Gasteiger partial charge in [-0.2, -0.15) is 0 Å². The lowest BCUT2D eigenvalue weighted by molar-refractivity contribution is -0.129. The second kappa shape index (κ2) is 10.2. The molecule has 0 unspecified atom stereocenters. The fourth-order valence-electron chi connectivity index (χ4n) is 4.00. The Morgan fingerprint density at radius 1 is 0.879 bits per heavy atom. The summed E-state index contributed by atoms with van der Waals surface area (Å²) in [5, 5.41) is 1.05. The molecule has 2 heterocycles. The van der Waals surface area contributed by atoms with Crippen molar-refractivity contribution in [2.24, 2.45) is 0 Å². The maximum atomic E-state index is 12.6. The normalized spacial score (nSPS) is 10.9. The van der Waals surface area contributed by atoms with Gasteiger partial charge in [0.05, 0.1) is 11.9 Å². The maximum Gasteiger partial charge on any atom is 0.228 e. The van der Waals surface area contributed by atoms with Crippen LogP contribution in [0, 0.1) is 0 Å². The first kappa shape index (κ1) is 22.4. The average molecular weight is 440 g/mol. The van der Waals surface area contributed by atoms with Gasteiger partial charge in [-0.1, -0.05) is 30.3 Å². The first-order chi connectivity index (χ1) is 16.1. The monoisotopic (exact) mass is 439 g/mol. The fourth-order valence-corrected chi connectivity index (χ4v) is 4.00. The minimum atomic E-state index is 0.0471. The van der Waals surface area contributed by atoms with Crippen LogP contribution in [0.5, 0.6) is 0 Å². The molecule has 0 atom stereocenters. The Bertz CT molecular complexity index is 1240. The molecule has 2 aromatic carbocycles. The zero-order valence-electron chi connectivity index (χ0n) is 19.4. The lowest BCUT2D eigenvalue weighted by Gasteiger charge is -2.21. The minimum absolute atomic E-state index is 0.0471. The van der Waals surface area contributed by atoms with E-state index < -0.39 is 0 Å². The summed E-state index contributed by atoms with van der Waals surface area (Å²) in [6, 6.07) is 20.3. The van der Waals surface area contributed by atoms with Crippen molar-refractivity contribution in [1.29, 1.82) is 0 Å². The summed E-state index contributed by atoms with van der Waals surface area (Å²) in [4.78, 5) is 29.9. The number of likely N-dealkylation sites (N-methyl/N-ethyl adjacent to an activating group) is 1. The van der Waals surface area contributed by atoms with Gasteiger partial charge >= 0.3 is 0 Å². The largest absolute Gasteiger partial charge is 0.357 e. The van der Waals surface area contributed by atoms with E-state index in [2.05, 4.69) is 70.1 Å². The Kier molecular flexibility index (Phi) is 6.93. The number of hydrogen-bond acceptors (Lipinski definition) is 5. The van der Waals surface area contributed by atoms with Crippen molar-refractivity contribution < 1.29 is 4.79 Å². The van der Waals surface area contributed by atoms with Crippen LogP contribution in [0.3, 0.4) is 0 Å². The number of carbonyl (C=O) groups excluding carboxylic acids is 1. The van der Waals surface area contributed by atoms with E-state index in [-0.39, 0.29) is 5.91 Å². The molecule has 0 radical (unpaired) electrons. The molecular formula is C27H29N5O. The van der Waals surface area contributed by atoms with Crippen molar-refractivity contribution in [3.63, 3.8) is 0 Å². The molecule has 4 aromatic rings. The number of fused-ring (bicyclic) bond motifs is 1. The summed E-state index contributed by atoms with van der Waals surface area (Å²) in [5.41, 5.74) is 5.01. The summed E-state index contributed by atoms with van der Waals surface area (Å²) in [6.45, 7) is 6.59. The smallest absolute Gasteiger partial charge is 0.228 e. The zero-order valence-corrected chi connectivity index (χ0v) is 19.4. The number of carbonyl (C=O) groups is 1. The Labute approximate surface area is 194 Å². The van der Waals surface area contributed by atoms with Crippen LogP contribution in [0.15, 0.2) is 73.2 Å². The van der Waals surface area contributed by atoms with Gasteiger partial charge in [-0.3, -0.25) is 9.78 Å². The number of nitrogens with zero attached hydrogens (tertiary/aromatic N) is 5. The van der Waals surface area contributed by atoms with E-state index in [0.29, 0.717) is 13.0 Å². The van der Waals surface area contributed by atoms with Gasteiger partial charge in [0.2, 0.25) is 5.91 Å². The highest BCUT2D eigenvalue weighted by Gasteiger charge is 2.13. The second-order valence-electron chi connectivity index (χ2n) is 8.05. The molecule has 0 saturated heterocycles. The van der Waals surface area contributed by atoms with E-state index in [1.54, 1.807) is 17.4 Å². The van der Waals surface area contributed by atoms with Gasteiger partial charge in [0.15, 0.2) is 0 Å². The molecule has 0 spiro atoms. The van der Waals surface area contributed by atoms with Crippen molar-refractivity contribution in [3.05, 3.63) is 84.4 Å². The number of hydrogen-bond donors (Lipinski definition) is 0. The van der Waals surface area contributed by atoms with Crippen molar-refractivity contribution in [1.82, 2.24) is 19.9 Å². The minimum Gasteiger partial charge on any atom is -0.357 e. The number of anilines is 1. The van der Waals surface area contributed by atoms with Crippen LogP contribution in [0.25, 0.3) is 22.0 Å². The predicted octanol–water partition coefficient (Wildman–Crippen LogP) is 4.74. The van der Waals surface area contributed by atoms with Crippen LogP contribution in [0.1, 0.15) is 25.1 Å². The average Bonchev–Trinajstić information content (AvgIpc) is 2.85. The van der Waals surface area contributed by atoms with Crippen molar-refractivity contribution >= 4 is 22.6 Å². The predicted molar refractivity (Wildman–Crippen MR) is 133 cm³/mol. The molecule has 4 rings (SSSR count). The number of rotatable bonds is 8. The molecule has 0 aliphatic heterocycles. The van der Waals surface area contributed by atoms with E-state index in [1.807, 2.05) is 31.3 Å². The lowest BCUT2D eigenvalue weighted by atomic mass is 10.0. The van der Waals surface area contributed by atoms with E-state index >= 15 is 0 Å². The Morgan fingerprint density at radius 3 is 2.45 bits per heavy atom. The fraction of sp³-hybridized carbons (Fsp3) is 0.259. The van der Waals surface area contributed by atoms with Gasteiger partial charge in [0.25, 0.3) is 0 Å².